The molecule has 2 rings (SSSR count). The fraction of sp³-hybridized carbons (Fsp3) is 0.278. The van der Waals surface area contributed by atoms with Gasteiger partial charge in [-0.25, -0.2) is 4.39 Å². The van der Waals surface area contributed by atoms with Crippen LogP contribution in [0.15, 0.2) is 42.5 Å². The third-order valence-corrected chi connectivity index (χ3v) is 5.15. The Morgan fingerprint density at radius 3 is 2.50 bits per heavy atom. The summed E-state index contributed by atoms with van der Waals surface area (Å²) in [5.74, 6) is 1.11. The fourth-order valence-electron chi connectivity index (χ4n) is 2.14. The minimum Gasteiger partial charge on any atom is -0.355 e. The normalized spacial score (nSPS) is 10.6. The van der Waals surface area contributed by atoms with Crippen molar-refractivity contribution in [1.29, 1.82) is 0 Å². The minimum absolute atomic E-state index is 0.0744. The van der Waals surface area contributed by atoms with E-state index in [0.717, 1.165) is 11.3 Å². The molecular weight excluding hydrogens is 368 g/mol. The molecule has 0 heterocycles. The molecule has 0 unspecified atom stereocenters. The SMILES string of the molecule is O=C(CCc1ccccc1F)NCCSCc1c(Cl)cccc1Cl. The van der Waals surface area contributed by atoms with Crippen LogP contribution in [0.25, 0.3) is 0 Å². The topological polar surface area (TPSA) is 29.1 Å². The summed E-state index contributed by atoms with van der Waals surface area (Å²) in [4.78, 5) is 11.8. The van der Waals surface area contributed by atoms with Crippen LogP contribution in [0.5, 0.6) is 0 Å². The summed E-state index contributed by atoms with van der Waals surface area (Å²) in [6, 6.07) is 12.0. The largest absolute Gasteiger partial charge is 0.355 e. The van der Waals surface area contributed by atoms with Crippen molar-refractivity contribution in [2.45, 2.75) is 18.6 Å². The van der Waals surface area contributed by atoms with E-state index in [9.17, 15) is 9.18 Å². The molecule has 0 saturated heterocycles. The Balaban J connectivity index is 1.64. The predicted molar refractivity (Wildman–Crippen MR) is 100 cm³/mol. The van der Waals surface area contributed by atoms with Crippen LogP contribution < -0.4 is 5.32 Å². The number of benzene rings is 2. The number of nitrogens with one attached hydrogen (secondary N) is 1. The molecule has 0 fully saturated rings. The van der Waals surface area contributed by atoms with Crippen molar-refractivity contribution in [3.8, 4) is 0 Å². The summed E-state index contributed by atoms with van der Waals surface area (Å²) in [5.41, 5.74) is 1.48. The smallest absolute Gasteiger partial charge is 0.220 e. The Morgan fingerprint density at radius 1 is 1.08 bits per heavy atom. The highest BCUT2D eigenvalue weighted by molar-refractivity contribution is 7.98. The first-order valence-electron chi connectivity index (χ1n) is 7.58. The van der Waals surface area contributed by atoms with E-state index in [-0.39, 0.29) is 18.1 Å². The van der Waals surface area contributed by atoms with E-state index in [2.05, 4.69) is 5.32 Å². The van der Waals surface area contributed by atoms with Crippen LogP contribution in [0.3, 0.4) is 0 Å². The van der Waals surface area contributed by atoms with E-state index in [1.54, 1.807) is 30.0 Å². The quantitative estimate of drug-likeness (QED) is 0.639. The third kappa shape index (κ3) is 6.00. The molecule has 6 heteroatoms. The number of carbonyl (C=O) groups is 1. The highest BCUT2D eigenvalue weighted by Crippen LogP contribution is 2.27. The molecule has 2 nitrogen and oxygen atoms in total. The van der Waals surface area contributed by atoms with Crippen LogP contribution in [0.4, 0.5) is 4.39 Å². The first-order valence-corrected chi connectivity index (χ1v) is 9.49. The zero-order valence-corrected chi connectivity index (χ0v) is 15.4. The molecule has 0 aliphatic carbocycles. The van der Waals surface area contributed by atoms with Crippen molar-refractivity contribution in [3.05, 3.63) is 69.5 Å². The Hall–Kier alpha value is -1.23. The van der Waals surface area contributed by atoms with Crippen molar-refractivity contribution < 1.29 is 9.18 Å². The number of aryl methyl sites for hydroxylation is 1. The number of halogens is 3. The number of amides is 1. The molecule has 0 spiro atoms. The van der Waals surface area contributed by atoms with E-state index in [0.29, 0.717) is 34.3 Å². The summed E-state index contributed by atoms with van der Waals surface area (Å²) >= 11 is 13.9. The fourth-order valence-corrected chi connectivity index (χ4v) is 3.74. The average molecular weight is 386 g/mol. The van der Waals surface area contributed by atoms with Gasteiger partial charge < -0.3 is 5.32 Å². The number of carbonyl (C=O) groups excluding carboxylic acids is 1. The average Bonchev–Trinajstić information content (AvgIpc) is 2.56. The second-order valence-corrected chi connectivity index (χ2v) is 7.11. The molecule has 0 saturated carbocycles. The monoisotopic (exact) mass is 385 g/mol. The van der Waals surface area contributed by atoms with Gasteiger partial charge in [0, 0.05) is 34.5 Å². The lowest BCUT2D eigenvalue weighted by atomic mass is 10.1. The van der Waals surface area contributed by atoms with Gasteiger partial charge in [-0.15, -0.1) is 0 Å². The summed E-state index contributed by atoms with van der Waals surface area (Å²) in [6.07, 6.45) is 0.683. The van der Waals surface area contributed by atoms with Gasteiger partial charge in [0.1, 0.15) is 5.82 Å². The van der Waals surface area contributed by atoms with Crippen molar-refractivity contribution in [3.63, 3.8) is 0 Å². The van der Waals surface area contributed by atoms with Crippen LogP contribution in [0.2, 0.25) is 10.0 Å². The van der Waals surface area contributed by atoms with Gasteiger partial charge in [-0.2, -0.15) is 11.8 Å². The molecule has 0 bridgehead atoms. The van der Waals surface area contributed by atoms with Crippen LogP contribution in [-0.4, -0.2) is 18.2 Å². The van der Waals surface area contributed by atoms with E-state index in [4.69, 9.17) is 23.2 Å². The van der Waals surface area contributed by atoms with Crippen LogP contribution in [0, 0.1) is 5.82 Å². The highest BCUT2D eigenvalue weighted by atomic mass is 35.5. The first kappa shape index (κ1) is 19.1. The van der Waals surface area contributed by atoms with Gasteiger partial charge in [-0.05, 0) is 35.7 Å². The molecule has 128 valence electrons. The van der Waals surface area contributed by atoms with Gasteiger partial charge in [0.25, 0.3) is 0 Å². The summed E-state index contributed by atoms with van der Waals surface area (Å²) in [5, 5.41) is 4.15. The summed E-state index contributed by atoms with van der Waals surface area (Å²) < 4.78 is 13.5. The van der Waals surface area contributed by atoms with Gasteiger partial charge in [0.2, 0.25) is 5.91 Å². The molecule has 24 heavy (non-hydrogen) atoms. The Morgan fingerprint density at radius 2 is 1.79 bits per heavy atom. The summed E-state index contributed by atoms with van der Waals surface area (Å²) in [6.45, 7) is 0.558. The maximum Gasteiger partial charge on any atom is 0.220 e. The molecular formula is C18H18Cl2FNOS. The van der Waals surface area contributed by atoms with Crippen LogP contribution >= 0.6 is 35.0 Å². The van der Waals surface area contributed by atoms with E-state index >= 15 is 0 Å². The van der Waals surface area contributed by atoms with Gasteiger partial charge in [-0.1, -0.05) is 47.5 Å². The maximum atomic E-state index is 13.5. The van der Waals surface area contributed by atoms with Crippen LogP contribution in [0.1, 0.15) is 17.5 Å². The van der Waals surface area contributed by atoms with Crippen molar-refractivity contribution in [2.75, 3.05) is 12.3 Å². The van der Waals surface area contributed by atoms with Gasteiger partial charge in [-0.3, -0.25) is 4.79 Å². The minimum atomic E-state index is -0.266. The second kappa shape index (κ2) is 9.92. The predicted octanol–water partition coefficient (Wildman–Crippen LogP) is 5.11. The molecule has 2 aromatic carbocycles. The number of hydrogen-bond donors (Lipinski definition) is 1. The van der Waals surface area contributed by atoms with E-state index in [1.807, 2.05) is 18.2 Å². The molecule has 1 amide bonds. The Bertz CT molecular complexity index is 676. The zero-order chi connectivity index (χ0) is 17.4. The molecule has 0 radical (unpaired) electrons. The van der Waals surface area contributed by atoms with Crippen molar-refractivity contribution >= 4 is 40.9 Å². The summed E-state index contributed by atoms with van der Waals surface area (Å²) in [7, 11) is 0. The second-order valence-electron chi connectivity index (χ2n) is 5.19. The molecule has 2 aromatic rings. The molecule has 1 N–H and O–H groups in total. The third-order valence-electron chi connectivity index (χ3n) is 3.46. The van der Waals surface area contributed by atoms with Crippen molar-refractivity contribution in [1.82, 2.24) is 5.32 Å². The first-order chi connectivity index (χ1) is 11.6. The zero-order valence-electron chi connectivity index (χ0n) is 13.0. The molecule has 0 atom stereocenters. The van der Waals surface area contributed by atoms with Gasteiger partial charge in [0.15, 0.2) is 0 Å². The van der Waals surface area contributed by atoms with Gasteiger partial charge in [0.05, 0.1) is 0 Å². The van der Waals surface area contributed by atoms with Crippen LogP contribution in [-0.2, 0) is 17.0 Å². The Labute approximate surface area is 155 Å². The lowest BCUT2D eigenvalue weighted by Gasteiger charge is -2.08. The molecule has 0 aliphatic rings. The van der Waals surface area contributed by atoms with E-state index in [1.165, 1.54) is 6.07 Å². The highest BCUT2D eigenvalue weighted by Gasteiger charge is 2.07. The number of hydrogen-bond acceptors (Lipinski definition) is 2. The van der Waals surface area contributed by atoms with E-state index < -0.39 is 0 Å². The lowest BCUT2D eigenvalue weighted by molar-refractivity contribution is -0.120. The maximum absolute atomic E-state index is 13.5. The number of thioether (sulfide) groups is 1. The van der Waals surface area contributed by atoms with Crippen molar-refractivity contribution in [2.24, 2.45) is 0 Å². The van der Waals surface area contributed by atoms with Gasteiger partial charge >= 0.3 is 0 Å². The lowest BCUT2D eigenvalue weighted by Crippen LogP contribution is -2.26. The number of rotatable bonds is 8. The standard InChI is InChI=1S/C18H18Cl2FNOS/c19-15-5-3-6-16(20)14(15)12-24-11-10-22-18(23)9-8-13-4-1-2-7-17(13)21/h1-7H,8-12H2,(H,22,23). The Kier molecular flexibility index (Phi) is 7.89. The molecule has 0 aromatic heterocycles. The molecule has 0 aliphatic heterocycles.